The van der Waals surface area contributed by atoms with E-state index in [2.05, 4.69) is 10.3 Å². The van der Waals surface area contributed by atoms with Crippen molar-refractivity contribution in [1.82, 2.24) is 9.38 Å². The first-order valence-electron chi connectivity index (χ1n) is 10.4. The number of carbonyl (C=O) groups excluding carboxylic acids is 1. The van der Waals surface area contributed by atoms with E-state index in [9.17, 15) is 13.2 Å². The summed E-state index contributed by atoms with van der Waals surface area (Å²) in [4.78, 5) is 17.5. The van der Waals surface area contributed by atoms with Crippen LogP contribution in [0.1, 0.15) is 34.1 Å². The molecule has 2 aromatic heterocycles. The van der Waals surface area contributed by atoms with E-state index < -0.39 is 15.9 Å². The van der Waals surface area contributed by atoms with Crippen LogP contribution in [0.25, 0.3) is 5.65 Å². The number of ether oxygens (including phenoxy) is 1. The van der Waals surface area contributed by atoms with E-state index in [0.29, 0.717) is 29.0 Å². The number of carbonyl (C=O) groups is 1. The zero-order valence-corrected chi connectivity index (χ0v) is 19.1. The van der Waals surface area contributed by atoms with Crippen LogP contribution >= 0.6 is 0 Å². The molecule has 33 heavy (non-hydrogen) atoms. The van der Waals surface area contributed by atoms with Crippen molar-refractivity contribution in [2.24, 2.45) is 5.14 Å². The second-order valence-corrected chi connectivity index (χ2v) is 9.14. The highest BCUT2D eigenvalue weighted by atomic mass is 32.2. The van der Waals surface area contributed by atoms with Crippen molar-refractivity contribution < 1.29 is 17.9 Å². The standard InChI is InChI=1S/C24H24N4O4S/c1-3-17-10-11-18(13-22(17)33(25,30)31)27-24(29)20-8-4-5-9-21(20)32-15-19-14-28-12-6-7-16(2)23(28)26-19/h4-14H,3,15H2,1-2H3,(H,27,29)(H2,25,30,31). The number of amides is 1. The minimum Gasteiger partial charge on any atom is -0.486 e. The first-order valence-corrected chi connectivity index (χ1v) is 11.9. The summed E-state index contributed by atoms with van der Waals surface area (Å²) < 4.78 is 31.7. The van der Waals surface area contributed by atoms with Gasteiger partial charge in [0.05, 0.1) is 16.2 Å². The maximum absolute atomic E-state index is 13.0. The van der Waals surface area contributed by atoms with Crippen molar-refractivity contribution >= 4 is 27.3 Å². The van der Waals surface area contributed by atoms with Crippen LogP contribution in [0.4, 0.5) is 5.69 Å². The minimum absolute atomic E-state index is 0.00511. The first-order chi connectivity index (χ1) is 15.8. The van der Waals surface area contributed by atoms with Crippen LogP contribution in [0.15, 0.2) is 71.9 Å². The van der Waals surface area contributed by atoms with E-state index >= 15 is 0 Å². The average Bonchev–Trinajstić information content (AvgIpc) is 3.22. The Kier molecular flexibility index (Phi) is 6.17. The molecule has 8 nitrogen and oxygen atoms in total. The molecular weight excluding hydrogens is 440 g/mol. The van der Waals surface area contributed by atoms with Gasteiger partial charge in [0.15, 0.2) is 0 Å². The number of anilines is 1. The summed E-state index contributed by atoms with van der Waals surface area (Å²) in [5.74, 6) is -0.0401. The largest absolute Gasteiger partial charge is 0.486 e. The zero-order chi connectivity index (χ0) is 23.6. The third-order valence-electron chi connectivity index (χ3n) is 5.25. The maximum Gasteiger partial charge on any atom is 0.259 e. The molecule has 0 bridgehead atoms. The van der Waals surface area contributed by atoms with Crippen molar-refractivity contribution in [2.45, 2.75) is 31.8 Å². The molecule has 0 fully saturated rings. The van der Waals surface area contributed by atoms with E-state index in [0.717, 1.165) is 16.9 Å². The summed E-state index contributed by atoms with van der Waals surface area (Å²) in [5.41, 5.74) is 3.86. The maximum atomic E-state index is 13.0. The molecular formula is C24H24N4O4S. The number of aromatic nitrogens is 2. The zero-order valence-electron chi connectivity index (χ0n) is 18.3. The van der Waals surface area contributed by atoms with Crippen LogP contribution in [-0.4, -0.2) is 23.7 Å². The van der Waals surface area contributed by atoms with Crippen molar-refractivity contribution in [3.8, 4) is 5.75 Å². The number of hydrogen-bond acceptors (Lipinski definition) is 5. The Morgan fingerprint density at radius 1 is 1.15 bits per heavy atom. The van der Waals surface area contributed by atoms with E-state index in [1.807, 2.05) is 42.8 Å². The molecule has 4 rings (SSSR count). The van der Waals surface area contributed by atoms with Gasteiger partial charge in [-0.25, -0.2) is 18.5 Å². The molecule has 3 N–H and O–H groups in total. The summed E-state index contributed by atoms with van der Waals surface area (Å²) in [6, 6.07) is 15.4. The van der Waals surface area contributed by atoms with Crippen LogP contribution in [0.2, 0.25) is 0 Å². The molecule has 9 heteroatoms. The minimum atomic E-state index is -3.92. The van der Waals surface area contributed by atoms with Crippen LogP contribution in [0.3, 0.4) is 0 Å². The number of sulfonamides is 1. The highest BCUT2D eigenvalue weighted by Crippen LogP contribution is 2.24. The van der Waals surface area contributed by atoms with Gasteiger partial charge in [-0.3, -0.25) is 4.79 Å². The van der Waals surface area contributed by atoms with E-state index in [1.54, 1.807) is 36.4 Å². The Morgan fingerprint density at radius 2 is 1.94 bits per heavy atom. The molecule has 0 aliphatic rings. The SMILES string of the molecule is CCc1ccc(NC(=O)c2ccccc2OCc2cn3cccc(C)c3n2)cc1S(N)(=O)=O. The van der Waals surface area contributed by atoms with Gasteiger partial charge in [0, 0.05) is 18.1 Å². The van der Waals surface area contributed by atoms with Gasteiger partial charge < -0.3 is 14.5 Å². The monoisotopic (exact) mass is 464 g/mol. The van der Waals surface area contributed by atoms with Gasteiger partial charge in [-0.2, -0.15) is 0 Å². The number of pyridine rings is 1. The van der Waals surface area contributed by atoms with E-state index in [-0.39, 0.29) is 11.5 Å². The van der Waals surface area contributed by atoms with Gasteiger partial charge in [-0.15, -0.1) is 0 Å². The highest BCUT2D eigenvalue weighted by molar-refractivity contribution is 7.89. The number of aryl methyl sites for hydroxylation is 2. The molecule has 0 atom stereocenters. The summed E-state index contributed by atoms with van der Waals surface area (Å²) in [7, 11) is -3.92. The molecule has 0 aliphatic carbocycles. The van der Waals surface area contributed by atoms with E-state index in [4.69, 9.17) is 9.88 Å². The van der Waals surface area contributed by atoms with Crippen LogP contribution < -0.4 is 15.2 Å². The quantitative estimate of drug-likeness (QED) is 0.433. The lowest BCUT2D eigenvalue weighted by Gasteiger charge is -2.13. The van der Waals surface area contributed by atoms with Crippen molar-refractivity contribution in [3.05, 3.63) is 89.4 Å². The summed E-state index contributed by atoms with van der Waals surface area (Å²) in [6.45, 7) is 4.01. The van der Waals surface area contributed by atoms with Crippen LogP contribution in [0.5, 0.6) is 5.75 Å². The molecule has 0 saturated heterocycles. The third-order valence-corrected chi connectivity index (χ3v) is 6.24. The van der Waals surface area contributed by atoms with Gasteiger partial charge in [0.1, 0.15) is 18.0 Å². The number of nitrogens with two attached hydrogens (primary N) is 1. The first kappa shape index (κ1) is 22.5. The Hall–Kier alpha value is -3.69. The molecule has 0 aliphatic heterocycles. The number of nitrogens with zero attached hydrogens (tertiary/aromatic N) is 2. The Balaban J connectivity index is 1.54. The summed E-state index contributed by atoms with van der Waals surface area (Å²) in [5, 5.41) is 8.06. The fourth-order valence-corrected chi connectivity index (χ4v) is 4.46. The van der Waals surface area contributed by atoms with Gasteiger partial charge in [-0.1, -0.05) is 31.2 Å². The molecule has 1 amide bonds. The Labute approximate surface area is 192 Å². The van der Waals surface area contributed by atoms with E-state index in [1.165, 1.54) is 6.07 Å². The molecule has 4 aromatic rings. The highest BCUT2D eigenvalue weighted by Gasteiger charge is 2.17. The number of rotatable bonds is 7. The van der Waals surface area contributed by atoms with Crippen molar-refractivity contribution in [2.75, 3.05) is 5.32 Å². The predicted octanol–water partition coefficient (Wildman–Crippen LogP) is 3.68. The molecule has 2 heterocycles. The topological polar surface area (TPSA) is 116 Å². The number of benzene rings is 2. The molecule has 0 radical (unpaired) electrons. The predicted molar refractivity (Wildman–Crippen MR) is 126 cm³/mol. The van der Waals surface area contributed by atoms with Crippen molar-refractivity contribution in [3.63, 3.8) is 0 Å². The number of hydrogen-bond donors (Lipinski definition) is 2. The van der Waals surface area contributed by atoms with Crippen LogP contribution in [-0.2, 0) is 23.1 Å². The number of para-hydroxylation sites is 1. The number of primary sulfonamides is 1. The average molecular weight is 465 g/mol. The van der Waals surface area contributed by atoms with Gasteiger partial charge in [0.2, 0.25) is 10.0 Å². The number of fused-ring (bicyclic) bond motifs is 1. The smallest absolute Gasteiger partial charge is 0.259 e. The summed E-state index contributed by atoms with van der Waals surface area (Å²) >= 11 is 0. The normalized spacial score (nSPS) is 11.5. The van der Waals surface area contributed by atoms with Crippen molar-refractivity contribution in [1.29, 1.82) is 0 Å². The second-order valence-electron chi connectivity index (χ2n) is 7.61. The Morgan fingerprint density at radius 3 is 2.67 bits per heavy atom. The molecule has 0 spiro atoms. The number of imidazole rings is 1. The molecule has 170 valence electrons. The lowest BCUT2D eigenvalue weighted by molar-refractivity contribution is 0.102. The van der Waals surface area contributed by atoms with Gasteiger partial charge in [-0.05, 0) is 54.8 Å². The second kappa shape index (κ2) is 9.05. The number of nitrogens with one attached hydrogen (secondary N) is 1. The Bertz CT molecular complexity index is 1440. The van der Waals surface area contributed by atoms with Gasteiger partial charge in [0.25, 0.3) is 5.91 Å². The lowest BCUT2D eigenvalue weighted by Crippen LogP contribution is -2.17. The molecule has 2 aromatic carbocycles. The fraction of sp³-hybridized carbons (Fsp3) is 0.167. The molecule has 0 saturated carbocycles. The fourth-order valence-electron chi connectivity index (χ4n) is 3.59. The van der Waals surface area contributed by atoms with Crippen LogP contribution in [0, 0.1) is 6.92 Å². The summed E-state index contributed by atoms with van der Waals surface area (Å²) in [6.07, 6.45) is 4.30. The van der Waals surface area contributed by atoms with Gasteiger partial charge >= 0.3 is 0 Å². The third kappa shape index (κ3) is 4.89. The molecule has 0 unspecified atom stereocenters. The lowest BCUT2D eigenvalue weighted by atomic mass is 10.1.